The van der Waals surface area contributed by atoms with Gasteiger partial charge in [0.2, 0.25) is 0 Å². The van der Waals surface area contributed by atoms with Gasteiger partial charge in [0.25, 0.3) is 0 Å². The zero-order valence-electron chi connectivity index (χ0n) is 12.0. The molecule has 0 radical (unpaired) electrons. The second kappa shape index (κ2) is 6.78. The van der Waals surface area contributed by atoms with E-state index in [2.05, 4.69) is 15.6 Å². The fourth-order valence-electron chi connectivity index (χ4n) is 1.88. The average Bonchev–Trinajstić information content (AvgIpc) is 2.75. The summed E-state index contributed by atoms with van der Waals surface area (Å²) in [6, 6.07) is 4.86. The van der Waals surface area contributed by atoms with Crippen molar-refractivity contribution in [3.8, 4) is 5.75 Å². The van der Waals surface area contributed by atoms with Crippen LogP contribution in [0.2, 0.25) is 5.02 Å². The minimum Gasteiger partial charge on any atom is -0.493 e. The molecule has 5 nitrogen and oxygen atoms in total. The Kier molecular flexibility index (Phi) is 5.03. The molecule has 2 N–H and O–H groups in total. The van der Waals surface area contributed by atoms with Crippen LogP contribution in [0.25, 0.3) is 0 Å². The average molecular weight is 326 g/mol. The maximum absolute atomic E-state index is 11.9. The Morgan fingerprint density at radius 2 is 2.19 bits per heavy atom. The van der Waals surface area contributed by atoms with Gasteiger partial charge < -0.3 is 15.4 Å². The Hall–Kier alpha value is -1.79. The first-order valence-corrected chi connectivity index (χ1v) is 7.51. The molecule has 0 unspecified atom stereocenters. The van der Waals surface area contributed by atoms with E-state index >= 15 is 0 Å². The van der Waals surface area contributed by atoms with Crippen molar-refractivity contribution in [2.24, 2.45) is 0 Å². The van der Waals surface area contributed by atoms with Crippen LogP contribution in [0, 0.1) is 13.8 Å². The number of rotatable bonds is 4. The van der Waals surface area contributed by atoms with Crippen LogP contribution in [0.3, 0.4) is 0 Å². The summed E-state index contributed by atoms with van der Waals surface area (Å²) < 4.78 is 5.18. The predicted molar refractivity (Wildman–Crippen MR) is 85.5 cm³/mol. The number of aromatic nitrogens is 1. The summed E-state index contributed by atoms with van der Waals surface area (Å²) >= 11 is 7.58. The highest BCUT2D eigenvalue weighted by Crippen LogP contribution is 2.32. The number of urea groups is 1. The number of thiazole rings is 1. The number of carbonyl (C=O) groups excluding carboxylic acids is 1. The van der Waals surface area contributed by atoms with E-state index in [1.54, 1.807) is 29.5 Å². The molecule has 0 fully saturated rings. The normalized spacial score (nSPS) is 10.3. The first kappa shape index (κ1) is 15.6. The summed E-state index contributed by atoms with van der Waals surface area (Å²) in [5, 5.41) is 6.95. The Labute approximate surface area is 132 Å². The highest BCUT2D eigenvalue weighted by molar-refractivity contribution is 7.11. The number of para-hydroxylation sites is 1. The van der Waals surface area contributed by atoms with Gasteiger partial charge in [-0.05, 0) is 26.0 Å². The Balaban J connectivity index is 1.99. The summed E-state index contributed by atoms with van der Waals surface area (Å²) in [7, 11) is 1.51. The number of halogens is 1. The van der Waals surface area contributed by atoms with Crippen molar-refractivity contribution in [3.63, 3.8) is 0 Å². The van der Waals surface area contributed by atoms with Crippen molar-refractivity contribution in [2.75, 3.05) is 12.4 Å². The van der Waals surface area contributed by atoms with Gasteiger partial charge in [0, 0.05) is 4.88 Å². The maximum Gasteiger partial charge on any atom is 0.319 e. The lowest BCUT2D eigenvalue weighted by atomic mass is 10.3. The molecule has 2 amide bonds. The smallest absolute Gasteiger partial charge is 0.319 e. The maximum atomic E-state index is 11.9. The number of nitrogens with one attached hydrogen (secondary N) is 2. The summed E-state index contributed by atoms with van der Waals surface area (Å²) in [6.45, 7) is 4.31. The van der Waals surface area contributed by atoms with Crippen LogP contribution in [-0.2, 0) is 6.54 Å². The van der Waals surface area contributed by atoms with Gasteiger partial charge in [-0.3, -0.25) is 0 Å². The number of anilines is 1. The highest BCUT2D eigenvalue weighted by Gasteiger charge is 2.11. The van der Waals surface area contributed by atoms with Crippen LogP contribution in [0.5, 0.6) is 5.75 Å². The third kappa shape index (κ3) is 3.86. The Morgan fingerprint density at radius 3 is 2.81 bits per heavy atom. The van der Waals surface area contributed by atoms with Crippen molar-refractivity contribution < 1.29 is 9.53 Å². The number of hydrogen-bond donors (Lipinski definition) is 2. The monoisotopic (exact) mass is 325 g/mol. The van der Waals surface area contributed by atoms with Crippen LogP contribution in [0.4, 0.5) is 10.5 Å². The van der Waals surface area contributed by atoms with Gasteiger partial charge in [0.1, 0.15) is 0 Å². The second-order valence-corrected chi connectivity index (χ2v) is 6.06. The van der Waals surface area contributed by atoms with Gasteiger partial charge in [0.15, 0.2) is 5.75 Å². The largest absolute Gasteiger partial charge is 0.493 e. The molecule has 0 atom stereocenters. The Morgan fingerprint density at radius 1 is 1.43 bits per heavy atom. The summed E-state index contributed by atoms with van der Waals surface area (Å²) in [5.74, 6) is 0.444. The van der Waals surface area contributed by atoms with Gasteiger partial charge in [-0.25, -0.2) is 9.78 Å². The quantitative estimate of drug-likeness (QED) is 0.900. The minimum atomic E-state index is -0.319. The van der Waals surface area contributed by atoms with Gasteiger partial charge in [-0.1, -0.05) is 17.7 Å². The first-order chi connectivity index (χ1) is 10.0. The summed E-state index contributed by atoms with van der Waals surface area (Å²) in [6.07, 6.45) is 0. The standard InChI is InChI=1S/C14H16ClN3O2S/c1-8-12(21-9(2)17-8)7-16-14(19)18-11-6-4-5-10(15)13(11)20-3/h4-6H,7H2,1-3H3,(H2,16,18,19). The molecule has 1 heterocycles. The van der Waals surface area contributed by atoms with Crippen molar-refractivity contribution in [1.29, 1.82) is 0 Å². The number of benzene rings is 1. The van der Waals surface area contributed by atoms with Crippen molar-refractivity contribution in [3.05, 3.63) is 38.8 Å². The van der Waals surface area contributed by atoms with Crippen LogP contribution >= 0.6 is 22.9 Å². The molecular formula is C14H16ClN3O2S. The van der Waals surface area contributed by atoms with Gasteiger partial charge in [-0.2, -0.15) is 0 Å². The molecule has 0 aliphatic rings. The molecule has 7 heteroatoms. The fourth-order valence-corrected chi connectivity index (χ4v) is 3.01. The van der Waals surface area contributed by atoms with Crippen molar-refractivity contribution >= 4 is 34.7 Å². The number of aryl methyl sites for hydroxylation is 2. The lowest BCUT2D eigenvalue weighted by molar-refractivity contribution is 0.251. The summed E-state index contributed by atoms with van der Waals surface area (Å²) in [4.78, 5) is 17.3. The summed E-state index contributed by atoms with van der Waals surface area (Å²) in [5.41, 5.74) is 1.47. The van der Waals surface area contributed by atoms with Crippen molar-refractivity contribution in [2.45, 2.75) is 20.4 Å². The van der Waals surface area contributed by atoms with Gasteiger partial charge in [0.05, 0.1) is 35.1 Å². The first-order valence-electron chi connectivity index (χ1n) is 6.31. The van der Waals surface area contributed by atoms with Crippen LogP contribution < -0.4 is 15.4 Å². The van der Waals surface area contributed by atoms with Gasteiger partial charge in [-0.15, -0.1) is 11.3 Å². The molecule has 0 saturated heterocycles. The molecule has 21 heavy (non-hydrogen) atoms. The molecule has 0 aliphatic carbocycles. The van der Waals surface area contributed by atoms with E-state index in [0.717, 1.165) is 15.6 Å². The molecule has 0 spiro atoms. The number of ether oxygens (including phenoxy) is 1. The molecular weight excluding hydrogens is 310 g/mol. The topological polar surface area (TPSA) is 63.2 Å². The lowest BCUT2D eigenvalue weighted by Gasteiger charge is -2.12. The van der Waals surface area contributed by atoms with E-state index in [1.165, 1.54) is 7.11 Å². The predicted octanol–water partition coefficient (Wildman–Crippen LogP) is 3.74. The zero-order chi connectivity index (χ0) is 15.4. The fraction of sp³-hybridized carbons (Fsp3) is 0.286. The van der Waals surface area contributed by atoms with E-state index in [-0.39, 0.29) is 6.03 Å². The van der Waals surface area contributed by atoms with Gasteiger partial charge >= 0.3 is 6.03 Å². The van der Waals surface area contributed by atoms with Crippen LogP contribution in [-0.4, -0.2) is 18.1 Å². The molecule has 2 rings (SSSR count). The third-order valence-electron chi connectivity index (χ3n) is 2.83. The molecule has 0 saturated carbocycles. The van der Waals surface area contributed by atoms with Crippen molar-refractivity contribution in [1.82, 2.24) is 10.3 Å². The number of methoxy groups -OCH3 is 1. The molecule has 1 aromatic heterocycles. The number of amides is 2. The minimum absolute atomic E-state index is 0.319. The Bertz CT molecular complexity index is 658. The molecule has 112 valence electrons. The number of hydrogen-bond acceptors (Lipinski definition) is 4. The molecule has 0 aliphatic heterocycles. The lowest BCUT2D eigenvalue weighted by Crippen LogP contribution is -2.28. The van der Waals surface area contributed by atoms with E-state index in [4.69, 9.17) is 16.3 Å². The van der Waals surface area contributed by atoms with Crippen LogP contribution in [0.15, 0.2) is 18.2 Å². The zero-order valence-corrected chi connectivity index (χ0v) is 13.6. The number of carbonyl (C=O) groups is 1. The van der Waals surface area contributed by atoms with Crippen LogP contribution in [0.1, 0.15) is 15.6 Å². The SMILES string of the molecule is COc1c(Cl)cccc1NC(=O)NCc1sc(C)nc1C. The molecule has 0 bridgehead atoms. The molecule has 2 aromatic rings. The second-order valence-electron chi connectivity index (χ2n) is 4.37. The van der Waals surface area contributed by atoms with E-state index in [0.29, 0.717) is 23.0 Å². The third-order valence-corrected chi connectivity index (χ3v) is 4.20. The van der Waals surface area contributed by atoms with E-state index in [1.807, 2.05) is 13.8 Å². The van der Waals surface area contributed by atoms with E-state index < -0.39 is 0 Å². The molecule has 1 aromatic carbocycles. The number of nitrogens with zero attached hydrogens (tertiary/aromatic N) is 1. The van der Waals surface area contributed by atoms with E-state index in [9.17, 15) is 4.79 Å². The highest BCUT2D eigenvalue weighted by atomic mass is 35.5.